The first-order chi connectivity index (χ1) is 12.6. The molecule has 1 aliphatic heterocycles. The highest BCUT2D eigenvalue weighted by Gasteiger charge is 2.29. The second-order valence-corrected chi connectivity index (χ2v) is 6.65. The number of likely N-dealkylation sites (tertiary alicyclic amines) is 1. The third-order valence-corrected chi connectivity index (χ3v) is 5.11. The Bertz CT molecular complexity index is 1020. The highest BCUT2D eigenvalue weighted by atomic mass is 16.4. The van der Waals surface area contributed by atoms with Gasteiger partial charge in [-0.1, -0.05) is 6.07 Å². The van der Waals surface area contributed by atoms with E-state index in [9.17, 15) is 9.59 Å². The van der Waals surface area contributed by atoms with Crippen molar-refractivity contribution < 1.29 is 9.21 Å². The number of para-hydroxylation sites is 1. The predicted octanol–water partition coefficient (Wildman–Crippen LogP) is 1.76. The maximum atomic E-state index is 13.1. The summed E-state index contributed by atoms with van der Waals surface area (Å²) in [5.41, 5.74) is 1.40. The molecule has 136 valence electrons. The molecule has 1 aliphatic rings. The number of oxazole rings is 1. The summed E-state index contributed by atoms with van der Waals surface area (Å²) in [6.07, 6.45) is 3.62. The lowest BCUT2D eigenvalue weighted by molar-refractivity contribution is 0.0704. The smallest absolute Gasteiger partial charge is 0.407 e. The Morgan fingerprint density at radius 2 is 2.23 bits per heavy atom. The number of rotatable bonds is 3. The van der Waals surface area contributed by atoms with E-state index < -0.39 is 5.76 Å². The van der Waals surface area contributed by atoms with E-state index in [-0.39, 0.29) is 11.8 Å². The molecule has 3 aromatic rings. The summed E-state index contributed by atoms with van der Waals surface area (Å²) in [6.45, 7) is 4.13. The molecule has 0 aliphatic carbocycles. The van der Waals surface area contributed by atoms with Gasteiger partial charge in [0.25, 0.3) is 5.91 Å². The monoisotopic (exact) mass is 355 g/mol. The van der Waals surface area contributed by atoms with Gasteiger partial charge >= 0.3 is 5.76 Å². The number of carbonyl (C=O) groups is 1. The molecule has 0 saturated carbocycles. The highest BCUT2D eigenvalue weighted by Crippen LogP contribution is 2.28. The van der Waals surface area contributed by atoms with Crippen LogP contribution in [0.3, 0.4) is 0 Å². The van der Waals surface area contributed by atoms with E-state index in [0.29, 0.717) is 29.8 Å². The Morgan fingerprint density at radius 3 is 3.04 bits per heavy atom. The molecule has 0 radical (unpaired) electrons. The molecule has 8 nitrogen and oxygen atoms in total. The lowest BCUT2D eigenvalue weighted by Crippen LogP contribution is -2.39. The van der Waals surface area contributed by atoms with Crippen LogP contribution in [0.25, 0.3) is 11.1 Å². The number of aryl methyl sites for hydroxylation is 2. The molecule has 0 N–H and O–H groups in total. The van der Waals surface area contributed by atoms with Crippen molar-refractivity contribution >= 4 is 17.0 Å². The number of piperidine rings is 1. The fraction of sp³-hybridized carbons (Fsp3) is 0.444. The minimum atomic E-state index is -0.465. The molecule has 26 heavy (non-hydrogen) atoms. The van der Waals surface area contributed by atoms with E-state index >= 15 is 0 Å². The molecule has 1 atom stereocenters. The first-order valence-electron chi connectivity index (χ1n) is 8.85. The van der Waals surface area contributed by atoms with Gasteiger partial charge in [-0.25, -0.2) is 4.79 Å². The lowest BCUT2D eigenvalue weighted by atomic mass is 9.96. The van der Waals surface area contributed by atoms with Crippen molar-refractivity contribution in [2.75, 3.05) is 13.1 Å². The van der Waals surface area contributed by atoms with Crippen LogP contribution in [0, 0.1) is 0 Å². The summed E-state index contributed by atoms with van der Waals surface area (Å²) < 4.78 is 8.75. The van der Waals surface area contributed by atoms with Gasteiger partial charge in [-0.2, -0.15) is 0 Å². The van der Waals surface area contributed by atoms with Crippen LogP contribution in [-0.2, 0) is 13.6 Å². The molecular weight excluding hydrogens is 334 g/mol. The maximum Gasteiger partial charge on any atom is 0.419 e. The van der Waals surface area contributed by atoms with Gasteiger partial charge < -0.3 is 13.9 Å². The fourth-order valence-corrected chi connectivity index (χ4v) is 3.69. The number of fused-ring (bicyclic) bond motifs is 1. The average Bonchev–Trinajstić information content (AvgIpc) is 3.26. The Hall–Kier alpha value is -2.90. The second-order valence-electron chi connectivity index (χ2n) is 6.65. The van der Waals surface area contributed by atoms with Crippen molar-refractivity contribution in [2.24, 2.45) is 7.05 Å². The molecule has 1 unspecified atom stereocenters. The third-order valence-electron chi connectivity index (χ3n) is 5.11. The van der Waals surface area contributed by atoms with E-state index in [1.807, 2.05) is 9.47 Å². The Labute approximate surface area is 150 Å². The van der Waals surface area contributed by atoms with Crippen LogP contribution in [0.15, 0.2) is 33.7 Å². The van der Waals surface area contributed by atoms with E-state index in [2.05, 4.69) is 17.1 Å². The van der Waals surface area contributed by atoms with Crippen molar-refractivity contribution in [3.63, 3.8) is 0 Å². The largest absolute Gasteiger partial charge is 0.419 e. The maximum absolute atomic E-state index is 13.1. The van der Waals surface area contributed by atoms with Gasteiger partial charge in [-0.05, 0) is 31.9 Å². The summed E-state index contributed by atoms with van der Waals surface area (Å²) in [5, 5.41) is 8.26. The SMILES string of the molecule is CCn1cnnc1C1CCCN(C(=O)c2cccc3c2oc(=O)n3C)C1. The van der Waals surface area contributed by atoms with Gasteiger partial charge in [0.05, 0.1) is 11.1 Å². The van der Waals surface area contributed by atoms with Gasteiger partial charge in [-0.15, -0.1) is 10.2 Å². The number of aromatic nitrogens is 4. The molecule has 1 saturated heterocycles. The van der Waals surface area contributed by atoms with Gasteiger partial charge in [-0.3, -0.25) is 9.36 Å². The summed E-state index contributed by atoms with van der Waals surface area (Å²) in [7, 11) is 1.64. The normalized spacial score (nSPS) is 17.8. The first-order valence-corrected chi connectivity index (χ1v) is 8.85. The van der Waals surface area contributed by atoms with E-state index in [4.69, 9.17) is 4.42 Å². The van der Waals surface area contributed by atoms with Crippen molar-refractivity contribution in [3.8, 4) is 0 Å². The third kappa shape index (κ3) is 2.61. The minimum absolute atomic E-state index is 0.114. The highest BCUT2D eigenvalue weighted by molar-refractivity contribution is 6.04. The Balaban J connectivity index is 1.64. The van der Waals surface area contributed by atoms with Gasteiger partial charge in [0.1, 0.15) is 12.2 Å². The average molecular weight is 355 g/mol. The van der Waals surface area contributed by atoms with Crippen LogP contribution in [0.5, 0.6) is 0 Å². The van der Waals surface area contributed by atoms with Crippen molar-refractivity contribution in [2.45, 2.75) is 32.2 Å². The minimum Gasteiger partial charge on any atom is -0.407 e. The standard InChI is InChI=1S/C18H21N5O3/c1-3-22-11-19-20-16(22)12-6-5-9-23(10-12)17(24)13-7-4-8-14-15(13)26-18(25)21(14)2/h4,7-8,11-12H,3,5-6,9-10H2,1-2H3. The molecule has 1 amide bonds. The van der Waals surface area contributed by atoms with Gasteiger partial charge in [0.15, 0.2) is 5.58 Å². The summed E-state index contributed by atoms with van der Waals surface area (Å²) in [6, 6.07) is 5.27. The zero-order valence-corrected chi connectivity index (χ0v) is 14.9. The van der Waals surface area contributed by atoms with E-state index in [1.165, 1.54) is 4.57 Å². The fourth-order valence-electron chi connectivity index (χ4n) is 3.69. The zero-order valence-electron chi connectivity index (χ0n) is 14.9. The number of nitrogens with zero attached hydrogens (tertiary/aromatic N) is 5. The molecule has 3 heterocycles. The van der Waals surface area contributed by atoms with Crippen LogP contribution in [0.1, 0.15) is 41.9 Å². The Kier molecular flexibility index (Phi) is 4.10. The van der Waals surface area contributed by atoms with Crippen LogP contribution in [0.2, 0.25) is 0 Å². The van der Waals surface area contributed by atoms with Gasteiger partial charge in [0, 0.05) is 32.6 Å². The van der Waals surface area contributed by atoms with E-state index in [0.717, 1.165) is 25.2 Å². The number of hydrogen-bond donors (Lipinski definition) is 0. The molecule has 2 aromatic heterocycles. The molecule has 0 spiro atoms. The molecule has 0 bridgehead atoms. The molecule has 8 heteroatoms. The quantitative estimate of drug-likeness (QED) is 0.715. The summed E-state index contributed by atoms with van der Waals surface area (Å²) in [5.74, 6) is 0.511. The zero-order chi connectivity index (χ0) is 18.3. The summed E-state index contributed by atoms with van der Waals surface area (Å²) >= 11 is 0. The first kappa shape index (κ1) is 16.6. The molecule has 1 fully saturated rings. The Morgan fingerprint density at radius 1 is 1.38 bits per heavy atom. The van der Waals surface area contributed by atoms with Crippen molar-refractivity contribution in [1.29, 1.82) is 0 Å². The van der Waals surface area contributed by atoms with Crippen molar-refractivity contribution in [3.05, 3.63) is 46.5 Å². The predicted molar refractivity (Wildman–Crippen MR) is 95.0 cm³/mol. The number of hydrogen-bond acceptors (Lipinski definition) is 5. The second kappa shape index (κ2) is 6.44. The molecule has 1 aromatic carbocycles. The number of amides is 1. The van der Waals surface area contributed by atoms with Crippen LogP contribution in [-0.4, -0.2) is 43.2 Å². The molecular formula is C18H21N5O3. The number of benzene rings is 1. The topological polar surface area (TPSA) is 86.2 Å². The van der Waals surface area contributed by atoms with Crippen molar-refractivity contribution in [1.82, 2.24) is 24.2 Å². The molecule has 4 rings (SSSR count). The van der Waals surface area contributed by atoms with Crippen LogP contribution < -0.4 is 5.76 Å². The van der Waals surface area contributed by atoms with Gasteiger partial charge in [0.2, 0.25) is 0 Å². The van der Waals surface area contributed by atoms with Crippen LogP contribution in [0.4, 0.5) is 0 Å². The number of carbonyl (C=O) groups excluding carboxylic acids is 1. The van der Waals surface area contributed by atoms with E-state index in [1.54, 1.807) is 31.6 Å². The lowest BCUT2D eigenvalue weighted by Gasteiger charge is -2.32. The summed E-state index contributed by atoms with van der Waals surface area (Å²) in [4.78, 5) is 26.8. The van der Waals surface area contributed by atoms with Crippen LogP contribution >= 0.6 is 0 Å².